The summed E-state index contributed by atoms with van der Waals surface area (Å²) in [5, 5.41) is 21.7. The van der Waals surface area contributed by atoms with E-state index in [1.807, 2.05) is 13.8 Å². The molecule has 0 aliphatic rings. The fourth-order valence-electron chi connectivity index (χ4n) is 2.77. The van der Waals surface area contributed by atoms with Gasteiger partial charge >= 0.3 is 5.97 Å². The number of carboxylic acids is 1. The Hall–Kier alpha value is -2.37. The zero-order chi connectivity index (χ0) is 20.4. The van der Waals surface area contributed by atoms with Gasteiger partial charge in [-0.1, -0.05) is 32.9 Å². The number of amides is 1. The highest BCUT2D eigenvalue weighted by Gasteiger charge is 2.16. The summed E-state index contributed by atoms with van der Waals surface area (Å²) in [7, 11) is 0. The topological polar surface area (TPSA) is 104 Å². The number of carbonyl (C=O) groups excluding carboxylic acids is 2. The number of carbonyl (C=O) groups is 3. The SMILES string of the molecule is CCC(C)C(=O)CCc1ccc(O)c(CNC(=O)CCC(CC)C(=O)O)c1. The Labute approximate surface area is 161 Å². The lowest BCUT2D eigenvalue weighted by atomic mass is 9.97. The first-order chi connectivity index (χ1) is 12.8. The molecule has 1 rings (SSSR count). The molecule has 0 fully saturated rings. The molecule has 2 unspecified atom stereocenters. The molecule has 27 heavy (non-hydrogen) atoms. The lowest BCUT2D eigenvalue weighted by Gasteiger charge is -2.12. The molecule has 1 aromatic rings. The fourth-order valence-corrected chi connectivity index (χ4v) is 2.77. The van der Waals surface area contributed by atoms with Crippen molar-refractivity contribution in [1.82, 2.24) is 5.32 Å². The van der Waals surface area contributed by atoms with E-state index in [2.05, 4.69) is 5.32 Å². The van der Waals surface area contributed by atoms with E-state index in [9.17, 15) is 19.5 Å². The molecule has 6 nitrogen and oxygen atoms in total. The third kappa shape index (κ3) is 7.81. The molecule has 2 atom stereocenters. The summed E-state index contributed by atoms with van der Waals surface area (Å²) < 4.78 is 0. The van der Waals surface area contributed by atoms with Crippen LogP contribution in [0.25, 0.3) is 0 Å². The standard InChI is InChI=1S/C21H31NO5/c1-4-14(3)18(23)9-6-15-7-10-19(24)17(12-15)13-22-20(25)11-8-16(5-2)21(26)27/h7,10,12,14,16,24H,4-6,8-9,11,13H2,1-3H3,(H,22,25)(H,26,27). The van der Waals surface area contributed by atoms with Crippen LogP contribution >= 0.6 is 0 Å². The zero-order valence-corrected chi connectivity index (χ0v) is 16.5. The van der Waals surface area contributed by atoms with Crippen LogP contribution in [0.5, 0.6) is 5.75 Å². The number of benzene rings is 1. The second-order valence-electron chi connectivity index (χ2n) is 7.00. The van der Waals surface area contributed by atoms with Crippen molar-refractivity contribution in [2.24, 2.45) is 11.8 Å². The van der Waals surface area contributed by atoms with Gasteiger partial charge in [-0.25, -0.2) is 0 Å². The zero-order valence-electron chi connectivity index (χ0n) is 16.5. The maximum Gasteiger partial charge on any atom is 0.306 e. The number of ketones is 1. The maximum atomic E-state index is 12.0. The Morgan fingerprint density at radius 2 is 1.81 bits per heavy atom. The molecule has 6 heteroatoms. The van der Waals surface area contributed by atoms with Crippen LogP contribution in [-0.4, -0.2) is 27.9 Å². The van der Waals surface area contributed by atoms with Gasteiger partial charge in [0.2, 0.25) is 5.91 Å². The molecular formula is C21H31NO5. The first-order valence-electron chi connectivity index (χ1n) is 9.61. The summed E-state index contributed by atoms with van der Waals surface area (Å²) in [5.41, 5.74) is 1.52. The minimum Gasteiger partial charge on any atom is -0.508 e. The van der Waals surface area contributed by atoms with Crippen molar-refractivity contribution in [2.45, 2.75) is 65.8 Å². The number of phenols is 1. The average Bonchev–Trinajstić information content (AvgIpc) is 2.65. The molecule has 1 aromatic carbocycles. The summed E-state index contributed by atoms with van der Waals surface area (Å²) in [6.07, 6.45) is 2.80. The summed E-state index contributed by atoms with van der Waals surface area (Å²) in [4.78, 5) is 34.9. The molecule has 0 bridgehead atoms. The van der Waals surface area contributed by atoms with Crippen LogP contribution in [0.2, 0.25) is 0 Å². The normalized spacial score (nSPS) is 13.0. The summed E-state index contributed by atoms with van der Waals surface area (Å²) in [6.45, 7) is 5.87. The Kier molecular flexibility index (Phi) is 9.54. The second-order valence-corrected chi connectivity index (χ2v) is 7.00. The van der Waals surface area contributed by atoms with Crippen LogP contribution < -0.4 is 5.32 Å². The molecule has 0 saturated carbocycles. The molecule has 0 spiro atoms. The largest absolute Gasteiger partial charge is 0.508 e. The Morgan fingerprint density at radius 3 is 2.41 bits per heavy atom. The van der Waals surface area contributed by atoms with Crippen LogP contribution in [0, 0.1) is 11.8 Å². The third-order valence-corrected chi connectivity index (χ3v) is 5.00. The van der Waals surface area contributed by atoms with Crippen molar-refractivity contribution in [3.8, 4) is 5.75 Å². The molecular weight excluding hydrogens is 346 g/mol. The predicted molar refractivity (Wildman–Crippen MR) is 103 cm³/mol. The van der Waals surface area contributed by atoms with Gasteiger partial charge in [-0.15, -0.1) is 0 Å². The van der Waals surface area contributed by atoms with Gasteiger partial charge < -0.3 is 15.5 Å². The average molecular weight is 377 g/mol. The number of nitrogens with one attached hydrogen (secondary N) is 1. The summed E-state index contributed by atoms with van der Waals surface area (Å²) in [6, 6.07) is 5.15. The molecule has 150 valence electrons. The second kappa shape index (κ2) is 11.4. The van der Waals surface area contributed by atoms with Gasteiger partial charge in [-0.2, -0.15) is 0 Å². The maximum absolute atomic E-state index is 12.0. The van der Waals surface area contributed by atoms with Crippen molar-refractivity contribution in [2.75, 3.05) is 0 Å². The van der Waals surface area contributed by atoms with Crippen molar-refractivity contribution < 1.29 is 24.6 Å². The lowest BCUT2D eigenvalue weighted by Crippen LogP contribution is -2.24. The highest BCUT2D eigenvalue weighted by Crippen LogP contribution is 2.20. The van der Waals surface area contributed by atoms with E-state index in [0.717, 1.165) is 12.0 Å². The number of carboxylic acid groups (broad SMARTS) is 1. The summed E-state index contributed by atoms with van der Waals surface area (Å²) >= 11 is 0. The van der Waals surface area contributed by atoms with Crippen molar-refractivity contribution in [1.29, 1.82) is 0 Å². The van der Waals surface area contributed by atoms with Crippen LogP contribution in [0.4, 0.5) is 0 Å². The Bertz CT molecular complexity index is 656. The number of hydrogen-bond acceptors (Lipinski definition) is 4. The molecule has 0 radical (unpaired) electrons. The van der Waals surface area contributed by atoms with Crippen molar-refractivity contribution >= 4 is 17.7 Å². The number of hydrogen-bond donors (Lipinski definition) is 3. The van der Waals surface area contributed by atoms with Crippen molar-refractivity contribution in [3.63, 3.8) is 0 Å². The van der Waals surface area contributed by atoms with E-state index in [4.69, 9.17) is 5.11 Å². The molecule has 0 saturated heterocycles. The van der Waals surface area contributed by atoms with E-state index in [0.29, 0.717) is 31.2 Å². The van der Waals surface area contributed by atoms with Crippen LogP contribution in [0.15, 0.2) is 18.2 Å². The van der Waals surface area contributed by atoms with Gasteiger partial charge in [-0.3, -0.25) is 14.4 Å². The highest BCUT2D eigenvalue weighted by molar-refractivity contribution is 5.80. The van der Waals surface area contributed by atoms with E-state index >= 15 is 0 Å². The first-order valence-corrected chi connectivity index (χ1v) is 9.61. The minimum atomic E-state index is -0.886. The molecule has 3 N–H and O–H groups in total. The Morgan fingerprint density at radius 1 is 1.11 bits per heavy atom. The molecule has 0 aromatic heterocycles. The van der Waals surface area contributed by atoms with E-state index in [1.165, 1.54) is 0 Å². The van der Waals surface area contributed by atoms with Gasteiger partial charge in [0, 0.05) is 30.9 Å². The number of Topliss-reactive ketones (excluding diaryl/α,β-unsaturated/α-hetero) is 1. The molecule has 0 aliphatic heterocycles. The number of aromatic hydroxyl groups is 1. The van der Waals surface area contributed by atoms with Gasteiger partial charge in [0.25, 0.3) is 0 Å². The van der Waals surface area contributed by atoms with Gasteiger partial charge in [0.1, 0.15) is 11.5 Å². The molecule has 0 heterocycles. The quantitative estimate of drug-likeness (QED) is 0.518. The van der Waals surface area contributed by atoms with E-state index < -0.39 is 11.9 Å². The fraction of sp³-hybridized carbons (Fsp3) is 0.571. The lowest BCUT2D eigenvalue weighted by molar-refractivity contribution is -0.142. The van der Waals surface area contributed by atoms with Crippen LogP contribution in [0.3, 0.4) is 0 Å². The monoisotopic (exact) mass is 377 g/mol. The molecule has 1 amide bonds. The van der Waals surface area contributed by atoms with Crippen LogP contribution in [-0.2, 0) is 27.3 Å². The van der Waals surface area contributed by atoms with Gasteiger partial charge in [0.15, 0.2) is 0 Å². The number of rotatable bonds is 12. The van der Waals surface area contributed by atoms with E-state index in [-0.39, 0.29) is 36.3 Å². The predicted octanol–water partition coefficient (Wildman–Crippen LogP) is 3.45. The number of aliphatic carboxylic acids is 1. The smallest absolute Gasteiger partial charge is 0.306 e. The summed E-state index contributed by atoms with van der Waals surface area (Å²) in [5.74, 6) is -1.28. The van der Waals surface area contributed by atoms with E-state index in [1.54, 1.807) is 25.1 Å². The number of phenolic OH excluding ortho intramolecular Hbond substituents is 1. The third-order valence-electron chi connectivity index (χ3n) is 5.00. The Balaban J connectivity index is 2.56. The van der Waals surface area contributed by atoms with Gasteiger partial charge in [-0.05, 0) is 37.3 Å². The minimum absolute atomic E-state index is 0.0543. The van der Waals surface area contributed by atoms with Crippen LogP contribution in [0.1, 0.15) is 64.0 Å². The molecule has 0 aliphatic carbocycles. The first kappa shape index (κ1) is 22.7. The number of aryl methyl sites for hydroxylation is 1. The van der Waals surface area contributed by atoms with Gasteiger partial charge in [0.05, 0.1) is 5.92 Å². The highest BCUT2D eigenvalue weighted by atomic mass is 16.4. The van der Waals surface area contributed by atoms with Crippen molar-refractivity contribution in [3.05, 3.63) is 29.3 Å².